The van der Waals surface area contributed by atoms with Crippen LogP contribution in [-0.4, -0.2) is 29.8 Å². The van der Waals surface area contributed by atoms with Crippen LogP contribution in [0, 0.1) is 5.92 Å². The van der Waals surface area contributed by atoms with Gasteiger partial charge in [-0.2, -0.15) is 0 Å². The van der Waals surface area contributed by atoms with Crippen LogP contribution in [0.5, 0.6) is 0 Å². The Hall–Kier alpha value is -1.88. The van der Waals surface area contributed by atoms with Crippen molar-refractivity contribution in [3.63, 3.8) is 0 Å². The maximum absolute atomic E-state index is 12.1. The van der Waals surface area contributed by atoms with Crippen LogP contribution < -0.4 is 11.1 Å². The molecule has 3 N–H and O–H groups in total. The highest BCUT2D eigenvalue weighted by atomic mass is 16.2. The molecule has 1 fully saturated rings. The molecule has 1 aromatic carbocycles. The fraction of sp³-hybridized carbons (Fsp3) is 0.467. The summed E-state index contributed by atoms with van der Waals surface area (Å²) in [4.78, 5) is 25.0. The summed E-state index contributed by atoms with van der Waals surface area (Å²) >= 11 is 0. The summed E-state index contributed by atoms with van der Waals surface area (Å²) in [6.07, 6.45) is 1.60. The molecule has 2 amide bonds. The van der Waals surface area contributed by atoms with E-state index >= 15 is 0 Å². The molecular weight excluding hydrogens is 254 g/mol. The van der Waals surface area contributed by atoms with Gasteiger partial charge < -0.3 is 16.0 Å². The van der Waals surface area contributed by atoms with Crippen LogP contribution in [0.25, 0.3) is 0 Å². The number of likely N-dealkylation sites (tertiary alicyclic amines) is 1. The third-order valence-corrected chi connectivity index (χ3v) is 4.17. The maximum atomic E-state index is 12.1. The van der Waals surface area contributed by atoms with Crippen molar-refractivity contribution in [3.8, 4) is 0 Å². The molecule has 0 aromatic heterocycles. The van der Waals surface area contributed by atoms with E-state index in [0.717, 1.165) is 25.1 Å². The number of benzene rings is 1. The van der Waals surface area contributed by atoms with Crippen molar-refractivity contribution < 1.29 is 9.59 Å². The highest BCUT2D eigenvalue weighted by Gasteiger charge is 2.35. The van der Waals surface area contributed by atoms with Crippen molar-refractivity contribution in [1.29, 1.82) is 0 Å². The standard InChI is InChI=1S/C15H19N3O2/c16-14(19)13-4-6-18(15(13)20)9-10-1-2-11-3-5-17-8-12(11)7-10/h1-2,7,13,17H,3-6,8-9H2,(H2,16,19)/t13-/m0/s1. The number of primary amides is 1. The van der Waals surface area contributed by atoms with Gasteiger partial charge in [-0.3, -0.25) is 9.59 Å². The zero-order chi connectivity index (χ0) is 14.1. The Kier molecular flexibility index (Phi) is 3.44. The molecule has 0 saturated carbocycles. The van der Waals surface area contributed by atoms with Gasteiger partial charge in [0.15, 0.2) is 0 Å². The third-order valence-electron chi connectivity index (χ3n) is 4.17. The normalized spacial score (nSPS) is 21.9. The Balaban J connectivity index is 1.72. The van der Waals surface area contributed by atoms with Crippen LogP contribution in [0.1, 0.15) is 23.1 Å². The lowest BCUT2D eigenvalue weighted by Crippen LogP contribution is -2.33. The van der Waals surface area contributed by atoms with Gasteiger partial charge >= 0.3 is 0 Å². The molecule has 5 nitrogen and oxygen atoms in total. The van der Waals surface area contributed by atoms with Crippen LogP contribution in [0.2, 0.25) is 0 Å². The van der Waals surface area contributed by atoms with E-state index < -0.39 is 11.8 Å². The van der Waals surface area contributed by atoms with Crippen molar-refractivity contribution in [1.82, 2.24) is 10.2 Å². The Morgan fingerprint density at radius 1 is 1.40 bits per heavy atom. The lowest BCUT2D eigenvalue weighted by atomic mass is 9.98. The first-order valence-corrected chi connectivity index (χ1v) is 7.04. The minimum Gasteiger partial charge on any atom is -0.369 e. The van der Waals surface area contributed by atoms with Crippen LogP contribution in [0.3, 0.4) is 0 Å². The molecule has 0 aliphatic carbocycles. The van der Waals surface area contributed by atoms with Gasteiger partial charge in [0.1, 0.15) is 5.92 Å². The van der Waals surface area contributed by atoms with Gasteiger partial charge in [0.25, 0.3) is 0 Å². The van der Waals surface area contributed by atoms with Gasteiger partial charge in [-0.25, -0.2) is 0 Å². The summed E-state index contributed by atoms with van der Waals surface area (Å²) in [5.74, 6) is -1.27. The number of carbonyl (C=O) groups is 2. The van der Waals surface area contributed by atoms with Gasteiger partial charge in [0.2, 0.25) is 11.8 Å². The quantitative estimate of drug-likeness (QED) is 0.771. The molecular formula is C15H19N3O2. The second-order valence-corrected chi connectivity index (χ2v) is 5.53. The van der Waals surface area contributed by atoms with E-state index in [1.807, 2.05) is 0 Å². The Bertz CT molecular complexity index is 556. The average molecular weight is 273 g/mol. The summed E-state index contributed by atoms with van der Waals surface area (Å²) < 4.78 is 0. The molecule has 20 heavy (non-hydrogen) atoms. The van der Waals surface area contributed by atoms with E-state index in [-0.39, 0.29) is 5.91 Å². The van der Waals surface area contributed by atoms with E-state index in [4.69, 9.17) is 5.73 Å². The monoisotopic (exact) mass is 273 g/mol. The van der Waals surface area contributed by atoms with Crippen LogP contribution in [0.4, 0.5) is 0 Å². The first kappa shape index (κ1) is 13.1. The number of rotatable bonds is 3. The van der Waals surface area contributed by atoms with E-state index in [2.05, 4.69) is 23.5 Å². The minimum absolute atomic E-state index is 0.131. The highest BCUT2D eigenvalue weighted by Crippen LogP contribution is 2.22. The molecule has 2 aliphatic rings. The lowest BCUT2D eigenvalue weighted by molar-refractivity contribution is -0.136. The van der Waals surface area contributed by atoms with Crippen molar-refractivity contribution in [2.75, 3.05) is 13.1 Å². The number of amides is 2. The first-order valence-electron chi connectivity index (χ1n) is 7.04. The summed E-state index contributed by atoms with van der Waals surface area (Å²) in [5.41, 5.74) is 9.05. The molecule has 1 atom stereocenters. The Labute approximate surface area is 118 Å². The number of nitrogens with zero attached hydrogens (tertiary/aromatic N) is 1. The second-order valence-electron chi connectivity index (χ2n) is 5.53. The number of nitrogens with one attached hydrogen (secondary N) is 1. The number of nitrogens with two attached hydrogens (primary N) is 1. The molecule has 2 heterocycles. The van der Waals surface area contributed by atoms with E-state index in [1.165, 1.54) is 11.1 Å². The number of hydrogen-bond acceptors (Lipinski definition) is 3. The van der Waals surface area contributed by atoms with Crippen molar-refractivity contribution in [3.05, 3.63) is 34.9 Å². The molecule has 0 spiro atoms. The van der Waals surface area contributed by atoms with Crippen molar-refractivity contribution >= 4 is 11.8 Å². The molecule has 0 unspecified atom stereocenters. The molecule has 3 rings (SSSR count). The van der Waals surface area contributed by atoms with Crippen LogP contribution in [0.15, 0.2) is 18.2 Å². The highest BCUT2D eigenvalue weighted by molar-refractivity contribution is 6.00. The van der Waals surface area contributed by atoms with Gasteiger partial charge in [0, 0.05) is 19.6 Å². The van der Waals surface area contributed by atoms with E-state index in [0.29, 0.717) is 19.5 Å². The zero-order valence-corrected chi connectivity index (χ0v) is 11.4. The molecule has 1 aromatic rings. The smallest absolute Gasteiger partial charge is 0.235 e. The second kappa shape index (κ2) is 5.25. The maximum Gasteiger partial charge on any atom is 0.235 e. The minimum atomic E-state index is -0.630. The fourth-order valence-electron chi connectivity index (χ4n) is 3.01. The lowest BCUT2D eigenvalue weighted by Gasteiger charge is -2.20. The van der Waals surface area contributed by atoms with Gasteiger partial charge in [-0.05, 0) is 36.1 Å². The van der Waals surface area contributed by atoms with E-state index in [1.54, 1.807) is 4.90 Å². The predicted molar refractivity (Wildman–Crippen MR) is 74.6 cm³/mol. The average Bonchev–Trinajstić information content (AvgIpc) is 2.80. The number of fused-ring (bicyclic) bond motifs is 1. The summed E-state index contributed by atoms with van der Waals surface area (Å²) in [6.45, 7) is 3.09. The topological polar surface area (TPSA) is 75.4 Å². The van der Waals surface area contributed by atoms with Gasteiger partial charge in [-0.15, -0.1) is 0 Å². The summed E-state index contributed by atoms with van der Waals surface area (Å²) in [5, 5.41) is 3.35. The SMILES string of the molecule is NC(=O)[C@@H]1CCN(Cc2ccc3c(c2)CNCC3)C1=O. The van der Waals surface area contributed by atoms with E-state index in [9.17, 15) is 9.59 Å². The first-order chi connectivity index (χ1) is 9.65. The largest absolute Gasteiger partial charge is 0.369 e. The molecule has 2 aliphatic heterocycles. The molecule has 0 bridgehead atoms. The Morgan fingerprint density at radius 2 is 2.25 bits per heavy atom. The van der Waals surface area contributed by atoms with Gasteiger partial charge in [-0.1, -0.05) is 18.2 Å². The number of carbonyl (C=O) groups excluding carboxylic acids is 2. The number of hydrogen-bond donors (Lipinski definition) is 2. The summed E-state index contributed by atoms with van der Waals surface area (Å²) in [7, 11) is 0. The van der Waals surface area contributed by atoms with Crippen molar-refractivity contribution in [2.45, 2.75) is 25.9 Å². The third kappa shape index (κ3) is 2.41. The van der Waals surface area contributed by atoms with Crippen LogP contribution in [-0.2, 0) is 29.1 Å². The zero-order valence-electron chi connectivity index (χ0n) is 11.4. The summed E-state index contributed by atoms with van der Waals surface area (Å²) in [6, 6.07) is 6.39. The predicted octanol–water partition coefficient (Wildman–Crippen LogP) is 0.166. The molecule has 5 heteroatoms. The van der Waals surface area contributed by atoms with Crippen LogP contribution >= 0.6 is 0 Å². The molecule has 1 saturated heterocycles. The fourth-order valence-corrected chi connectivity index (χ4v) is 3.01. The Morgan fingerprint density at radius 3 is 3.00 bits per heavy atom. The molecule has 106 valence electrons. The van der Waals surface area contributed by atoms with Crippen molar-refractivity contribution in [2.24, 2.45) is 11.7 Å². The van der Waals surface area contributed by atoms with Gasteiger partial charge in [0.05, 0.1) is 0 Å². The molecule has 0 radical (unpaired) electrons.